The molecule has 2 unspecified atom stereocenters. The highest BCUT2D eigenvalue weighted by molar-refractivity contribution is 9.10. The Morgan fingerprint density at radius 3 is 2.80 bits per heavy atom. The molecule has 0 aliphatic rings. The monoisotopic (exact) mass is 291 g/mol. The number of aliphatic hydroxyl groups excluding tert-OH is 1. The minimum atomic E-state index is 0.283. The minimum absolute atomic E-state index is 0.283. The molecule has 4 heteroatoms. The maximum Gasteiger partial charge on any atom is 0.0431 e. The summed E-state index contributed by atoms with van der Waals surface area (Å²) in [5.74, 6) is 0. The molecule has 0 fully saturated rings. The maximum absolute atomic E-state index is 8.74. The summed E-state index contributed by atoms with van der Waals surface area (Å²) >= 11 is 5.22. The van der Waals surface area contributed by atoms with Gasteiger partial charge in [0.2, 0.25) is 0 Å². The first-order chi connectivity index (χ1) is 7.13. The van der Waals surface area contributed by atoms with Gasteiger partial charge < -0.3 is 10.4 Å². The van der Waals surface area contributed by atoms with Gasteiger partial charge in [-0.25, -0.2) is 0 Å². The fourth-order valence-electron chi connectivity index (χ4n) is 1.55. The predicted octanol–water partition coefficient (Wildman–Crippen LogP) is 3.32. The number of hydrogen-bond acceptors (Lipinski definition) is 3. The van der Waals surface area contributed by atoms with E-state index in [4.69, 9.17) is 5.11 Å². The van der Waals surface area contributed by atoms with E-state index in [1.807, 2.05) is 0 Å². The molecule has 86 valence electrons. The lowest BCUT2D eigenvalue weighted by atomic mass is 10.1. The maximum atomic E-state index is 8.74. The van der Waals surface area contributed by atoms with Crippen molar-refractivity contribution in [3.8, 4) is 0 Å². The van der Waals surface area contributed by atoms with E-state index in [2.05, 4.69) is 46.5 Å². The Morgan fingerprint density at radius 2 is 2.27 bits per heavy atom. The van der Waals surface area contributed by atoms with Crippen LogP contribution in [0.1, 0.15) is 37.6 Å². The fraction of sp³-hybridized carbons (Fsp3) is 0.636. The van der Waals surface area contributed by atoms with Crippen molar-refractivity contribution < 1.29 is 5.11 Å². The summed E-state index contributed by atoms with van der Waals surface area (Å²) in [5.41, 5.74) is 0. The van der Waals surface area contributed by atoms with Gasteiger partial charge in [0.15, 0.2) is 0 Å². The van der Waals surface area contributed by atoms with Crippen molar-refractivity contribution in [2.75, 3.05) is 6.61 Å². The van der Waals surface area contributed by atoms with Gasteiger partial charge in [0.05, 0.1) is 0 Å². The predicted molar refractivity (Wildman–Crippen MR) is 69.4 cm³/mol. The lowest BCUT2D eigenvalue weighted by molar-refractivity contribution is 0.274. The molecule has 15 heavy (non-hydrogen) atoms. The third-order valence-electron chi connectivity index (χ3n) is 2.34. The molecular formula is C11H18BrNOS. The second-order valence-corrected chi connectivity index (χ2v) is 5.68. The van der Waals surface area contributed by atoms with Crippen LogP contribution in [0.2, 0.25) is 0 Å². The first-order valence-electron chi connectivity index (χ1n) is 5.24. The molecule has 2 N–H and O–H groups in total. The summed E-state index contributed by atoms with van der Waals surface area (Å²) in [4.78, 5) is 1.35. The zero-order chi connectivity index (χ0) is 11.3. The van der Waals surface area contributed by atoms with Crippen LogP contribution in [-0.4, -0.2) is 17.8 Å². The van der Waals surface area contributed by atoms with Gasteiger partial charge in [0.25, 0.3) is 0 Å². The molecule has 0 saturated carbocycles. The lowest BCUT2D eigenvalue weighted by Gasteiger charge is -2.18. The van der Waals surface area contributed by atoms with E-state index in [-0.39, 0.29) is 6.61 Å². The highest BCUT2D eigenvalue weighted by Crippen LogP contribution is 2.25. The molecule has 1 aromatic heterocycles. The van der Waals surface area contributed by atoms with Gasteiger partial charge in [-0.2, -0.15) is 0 Å². The zero-order valence-corrected chi connectivity index (χ0v) is 11.6. The topological polar surface area (TPSA) is 32.3 Å². The quantitative estimate of drug-likeness (QED) is 0.843. The van der Waals surface area contributed by atoms with Crippen LogP contribution in [0.5, 0.6) is 0 Å². The Bertz CT molecular complexity index is 290. The molecule has 0 aliphatic heterocycles. The molecule has 0 spiro atoms. The van der Waals surface area contributed by atoms with Crippen molar-refractivity contribution in [2.24, 2.45) is 0 Å². The van der Waals surface area contributed by atoms with Crippen molar-refractivity contribution in [1.82, 2.24) is 5.32 Å². The summed E-state index contributed by atoms with van der Waals surface area (Å²) in [6, 6.07) is 2.99. The molecule has 0 radical (unpaired) electrons. The van der Waals surface area contributed by atoms with Crippen LogP contribution in [0.15, 0.2) is 15.9 Å². The SMILES string of the molecule is CC(CCCO)NC(C)c1cc(Br)cs1. The number of halogens is 1. The highest BCUT2D eigenvalue weighted by atomic mass is 79.9. The van der Waals surface area contributed by atoms with Crippen LogP contribution in [0, 0.1) is 0 Å². The average Bonchev–Trinajstić information content (AvgIpc) is 2.61. The number of nitrogens with one attached hydrogen (secondary N) is 1. The van der Waals surface area contributed by atoms with Gasteiger partial charge in [-0.05, 0) is 48.7 Å². The van der Waals surface area contributed by atoms with Crippen LogP contribution < -0.4 is 5.32 Å². The van der Waals surface area contributed by atoms with E-state index in [9.17, 15) is 0 Å². The Balaban J connectivity index is 2.38. The summed E-state index contributed by atoms with van der Waals surface area (Å²) in [6.07, 6.45) is 1.89. The third-order valence-corrected chi connectivity index (χ3v) is 4.22. The second kappa shape index (κ2) is 6.63. The summed E-state index contributed by atoms with van der Waals surface area (Å²) in [6.45, 7) is 4.62. The van der Waals surface area contributed by atoms with E-state index in [1.165, 1.54) is 4.88 Å². The Labute approximate surface area is 104 Å². The number of thiophene rings is 1. The zero-order valence-electron chi connectivity index (χ0n) is 9.16. The molecule has 1 aromatic rings. The first-order valence-corrected chi connectivity index (χ1v) is 6.91. The Hall–Kier alpha value is 0.1000. The molecule has 0 bridgehead atoms. The highest BCUT2D eigenvalue weighted by Gasteiger charge is 2.10. The Kier molecular flexibility index (Phi) is 5.82. The van der Waals surface area contributed by atoms with Crippen molar-refractivity contribution >= 4 is 27.3 Å². The van der Waals surface area contributed by atoms with Gasteiger partial charge in [-0.15, -0.1) is 11.3 Å². The number of hydrogen-bond donors (Lipinski definition) is 2. The van der Waals surface area contributed by atoms with Crippen LogP contribution in [-0.2, 0) is 0 Å². The molecule has 0 saturated heterocycles. The van der Waals surface area contributed by atoms with E-state index in [0.29, 0.717) is 12.1 Å². The van der Waals surface area contributed by atoms with E-state index >= 15 is 0 Å². The molecule has 2 nitrogen and oxygen atoms in total. The molecule has 1 rings (SSSR count). The van der Waals surface area contributed by atoms with Crippen LogP contribution in [0.3, 0.4) is 0 Å². The first kappa shape index (κ1) is 13.2. The standard InChI is InChI=1S/C11H18BrNOS/c1-8(4-3-5-14)13-9(2)11-6-10(12)7-15-11/h6-9,13-14H,3-5H2,1-2H3. The van der Waals surface area contributed by atoms with Crippen molar-refractivity contribution in [3.63, 3.8) is 0 Å². The Morgan fingerprint density at radius 1 is 1.53 bits per heavy atom. The van der Waals surface area contributed by atoms with Crippen LogP contribution in [0.25, 0.3) is 0 Å². The van der Waals surface area contributed by atoms with Crippen LogP contribution in [0.4, 0.5) is 0 Å². The summed E-state index contributed by atoms with van der Waals surface area (Å²) < 4.78 is 1.15. The molecule has 0 amide bonds. The largest absolute Gasteiger partial charge is 0.396 e. The molecule has 0 aromatic carbocycles. The minimum Gasteiger partial charge on any atom is -0.396 e. The van der Waals surface area contributed by atoms with Crippen molar-refractivity contribution in [2.45, 2.75) is 38.8 Å². The average molecular weight is 292 g/mol. The van der Waals surface area contributed by atoms with Gasteiger partial charge >= 0.3 is 0 Å². The normalized spacial score (nSPS) is 15.2. The van der Waals surface area contributed by atoms with Gasteiger partial charge in [-0.1, -0.05) is 0 Å². The van der Waals surface area contributed by atoms with Gasteiger partial charge in [0, 0.05) is 33.4 Å². The van der Waals surface area contributed by atoms with Gasteiger partial charge in [0.1, 0.15) is 0 Å². The van der Waals surface area contributed by atoms with Crippen LogP contribution >= 0.6 is 27.3 Å². The number of rotatable bonds is 6. The summed E-state index contributed by atoms with van der Waals surface area (Å²) in [7, 11) is 0. The van der Waals surface area contributed by atoms with Crippen molar-refractivity contribution in [3.05, 3.63) is 20.8 Å². The van der Waals surface area contributed by atoms with E-state index < -0.39 is 0 Å². The van der Waals surface area contributed by atoms with E-state index in [1.54, 1.807) is 11.3 Å². The van der Waals surface area contributed by atoms with E-state index in [0.717, 1.165) is 17.3 Å². The summed E-state index contributed by atoms with van der Waals surface area (Å²) in [5, 5.41) is 14.4. The lowest BCUT2D eigenvalue weighted by Crippen LogP contribution is -2.28. The fourth-order valence-corrected chi connectivity index (χ4v) is 3.01. The molecule has 1 heterocycles. The van der Waals surface area contributed by atoms with Gasteiger partial charge in [-0.3, -0.25) is 0 Å². The molecule has 0 aliphatic carbocycles. The third kappa shape index (κ3) is 4.64. The molecule has 2 atom stereocenters. The molecular weight excluding hydrogens is 274 g/mol. The van der Waals surface area contributed by atoms with Crippen molar-refractivity contribution in [1.29, 1.82) is 0 Å². The number of aliphatic hydroxyl groups is 1. The second-order valence-electron chi connectivity index (χ2n) is 3.82. The smallest absolute Gasteiger partial charge is 0.0431 e.